The van der Waals surface area contributed by atoms with Crippen molar-refractivity contribution in [2.45, 2.75) is 18.9 Å². The molecular weight excluding hydrogens is 208 g/mol. The zero-order valence-electron chi connectivity index (χ0n) is 7.90. The third kappa shape index (κ3) is 7.40. The number of rotatable bonds is 6. The van der Waals surface area contributed by atoms with Gasteiger partial charge in [-0.2, -0.15) is 0 Å². The minimum atomic E-state index is -1.27. The number of nitrogens with one attached hydrogen (secondary N) is 1. The Labute approximate surface area is 85.4 Å². The van der Waals surface area contributed by atoms with Crippen molar-refractivity contribution in [3.63, 3.8) is 0 Å². The molecule has 0 spiro atoms. The van der Waals surface area contributed by atoms with E-state index in [0.29, 0.717) is 0 Å². The predicted molar refractivity (Wildman–Crippen MR) is 49.1 cm³/mol. The third-order valence-electron chi connectivity index (χ3n) is 1.47. The van der Waals surface area contributed by atoms with Gasteiger partial charge in [0.1, 0.15) is 6.04 Å². The van der Waals surface area contributed by atoms with Crippen molar-refractivity contribution >= 4 is 17.8 Å². The van der Waals surface area contributed by atoms with Crippen molar-refractivity contribution in [2.75, 3.05) is 6.54 Å². The van der Waals surface area contributed by atoms with Crippen molar-refractivity contribution in [1.82, 2.24) is 5.32 Å². The first kappa shape index (κ1) is 15.8. The molecule has 1 atom stereocenters. The maximum atomic E-state index is 10.7. The Morgan fingerprint density at radius 1 is 1.27 bits per heavy atom. The quantitative estimate of drug-likeness (QED) is 0.390. The second kappa shape index (κ2) is 7.71. The Bertz CT molecular complexity index is 242. The highest BCUT2D eigenvalue weighted by Crippen LogP contribution is 1.97. The number of hydrogen-bond acceptors (Lipinski definition) is 4. The fourth-order valence-electron chi connectivity index (χ4n) is 0.778. The first-order valence-electron chi connectivity index (χ1n) is 3.91. The summed E-state index contributed by atoms with van der Waals surface area (Å²) in [6, 6.07) is -1.19. The number of carboxylic acids is 2. The van der Waals surface area contributed by atoms with E-state index >= 15 is 0 Å². The van der Waals surface area contributed by atoms with E-state index in [1.807, 2.05) is 0 Å². The van der Waals surface area contributed by atoms with E-state index in [9.17, 15) is 14.4 Å². The van der Waals surface area contributed by atoms with Gasteiger partial charge in [-0.25, -0.2) is 4.79 Å². The Morgan fingerprint density at radius 3 is 2.13 bits per heavy atom. The third-order valence-corrected chi connectivity index (χ3v) is 1.47. The number of amides is 1. The number of carboxylic acid groups (broad SMARTS) is 2. The van der Waals surface area contributed by atoms with Crippen molar-refractivity contribution in [3.05, 3.63) is 0 Å². The summed E-state index contributed by atoms with van der Waals surface area (Å²) in [6.07, 6.45) is -0.474. The Hall–Kier alpha value is -1.67. The molecule has 88 valence electrons. The predicted octanol–water partition coefficient (Wildman–Crippen LogP) is -2.45. The van der Waals surface area contributed by atoms with Crippen LogP contribution in [-0.2, 0) is 14.4 Å². The average molecular weight is 222 g/mol. The fraction of sp³-hybridized carbons (Fsp3) is 0.571. The summed E-state index contributed by atoms with van der Waals surface area (Å²) < 4.78 is 0. The van der Waals surface area contributed by atoms with Gasteiger partial charge >= 0.3 is 11.9 Å². The van der Waals surface area contributed by atoms with Crippen LogP contribution >= 0.6 is 0 Å². The van der Waals surface area contributed by atoms with Gasteiger partial charge in [-0.1, -0.05) is 0 Å². The van der Waals surface area contributed by atoms with Crippen LogP contribution in [0.1, 0.15) is 12.8 Å². The van der Waals surface area contributed by atoms with E-state index in [0.717, 1.165) is 0 Å². The van der Waals surface area contributed by atoms with Gasteiger partial charge in [0.15, 0.2) is 0 Å². The van der Waals surface area contributed by atoms with Crippen LogP contribution in [0.4, 0.5) is 0 Å². The summed E-state index contributed by atoms with van der Waals surface area (Å²) in [5.41, 5.74) is 4.96. The molecular formula is C7H14N2O6. The van der Waals surface area contributed by atoms with Gasteiger partial charge < -0.3 is 26.7 Å². The topological polar surface area (TPSA) is 161 Å². The van der Waals surface area contributed by atoms with Crippen LogP contribution in [-0.4, -0.2) is 46.1 Å². The van der Waals surface area contributed by atoms with Crippen LogP contribution < -0.4 is 11.1 Å². The van der Waals surface area contributed by atoms with Gasteiger partial charge in [-0.05, 0) is 6.42 Å². The van der Waals surface area contributed by atoms with Gasteiger partial charge in [0, 0.05) is 6.42 Å². The zero-order chi connectivity index (χ0) is 11.1. The largest absolute Gasteiger partial charge is 0.481 e. The van der Waals surface area contributed by atoms with Gasteiger partial charge in [0.05, 0.1) is 6.54 Å². The van der Waals surface area contributed by atoms with E-state index in [4.69, 9.17) is 15.9 Å². The van der Waals surface area contributed by atoms with Crippen LogP contribution in [0.2, 0.25) is 0 Å². The van der Waals surface area contributed by atoms with E-state index in [2.05, 4.69) is 5.32 Å². The molecule has 0 heterocycles. The van der Waals surface area contributed by atoms with E-state index in [-0.39, 0.29) is 24.9 Å². The molecule has 0 saturated carbocycles. The lowest BCUT2D eigenvalue weighted by Crippen LogP contribution is -2.43. The van der Waals surface area contributed by atoms with Gasteiger partial charge in [0.25, 0.3) is 0 Å². The summed E-state index contributed by atoms with van der Waals surface area (Å²) in [5, 5.41) is 19.0. The lowest BCUT2D eigenvalue weighted by atomic mass is 10.1. The molecule has 8 heteroatoms. The average Bonchev–Trinajstić information content (AvgIpc) is 2.10. The number of nitrogens with two attached hydrogens (primary N) is 1. The number of hydrogen-bond donors (Lipinski definition) is 4. The Kier molecular flexibility index (Phi) is 8.11. The molecule has 0 fully saturated rings. The summed E-state index contributed by atoms with van der Waals surface area (Å²) >= 11 is 0. The second-order valence-electron chi connectivity index (χ2n) is 2.59. The first-order chi connectivity index (χ1) is 6.47. The summed E-state index contributed by atoms with van der Waals surface area (Å²) in [4.78, 5) is 31.4. The molecule has 0 aromatic carbocycles. The summed E-state index contributed by atoms with van der Waals surface area (Å²) in [6.45, 7) is -0.323. The van der Waals surface area contributed by atoms with Crippen LogP contribution in [0.3, 0.4) is 0 Å². The molecule has 0 radical (unpaired) electrons. The first-order valence-corrected chi connectivity index (χ1v) is 3.91. The van der Waals surface area contributed by atoms with Crippen molar-refractivity contribution in [1.29, 1.82) is 0 Å². The monoisotopic (exact) mass is 222 g/mol. The fourth-order valence-corrected chi connectivity index (χ4v) is 0.778. The highest BCUT2D eigenvalue weighted by molar-refractivity contribution is 5.84. The number of carbonyl (C=O) groups is 3. The molecule has 0 aliphatic rings. The summed E-state index contributed by atoms with van der Waals surface area (Å²) in [7, 11) is 0. The maximum absolute atomic E-state index is 10.7. The minimum absolute atomic E-state index is 0. The molecule has 8 nitrogen and oxygen atoms in total. The molecule has 7 N–H and O–H groups in total. The second-order valence-corrected chi connectivity index (χ2v) is 2.59. The molecule has 0 aliphatic carbocycles. The SMILES string of the molecule is NCC(=O)N[C@@H](CCC(=O)O)C(=O)O.O. The van der Waals surface area contributed by atoms with Gasteiger partial charge in [0.2, 0.25) is 5.91 Å². The van der Waals surface area contributed by atoms with Crippen LogP contribution in [0.25, 0.3) is 0 Å². The highest BCUT2D eigenvalue weighted by atomic mass is 16.4. The smallest absolute Gasteiger partial charge is 0.326 e. The van der Waals surface area contributed by atoms with E-state index < -0.39 is 23.9 Å². The lowest BCUT2D eigenvalue weighted by Gasteiger charge is -2.12. The van der Waals surface area contributed by atoms with Crippen molar-refractivity contribution in [2.24, 2.45) is 5.73 Å². The Balaban J connectivity index is 0. The van der Waals surface area contributed by atoms with Crippen molar-refractivity contribution < 1.29 is 30.1 Å². The van der Waals surface area contributed by atoms with Crippen LogP contribution in [0.15, 0.2) is 0 Å². The van der Waals surface area contributed by atoms with Gasteiger partial charge in [-0.15, -0.1) is 0 Å². The normalized spacial score (nSPS) is 11.0. The molecule has 1 amide bonds. The molecule has 15 heavy (non-hydrogen) atoms. The Morgan fingerprint density at radius 2 is 1.80 bits per heavy atom. The number of aliphatic carboxylic acids is 2. The van der Waals surface area contributed by atoms with Gasteiger partial charge in [-0.3, -0.25) is 9.59 Å². The standard InChI is InChI=1S/C7H12N2O5.H2O/c8-3-5(10)9-4(7(13)14)1-2-6(11)12;/h4H,1-3,8H2,(H,9,10)(H,11,12)(H,13,14);1H2/t4-;/m0./s1. The highest BCUT2D eigenvalue weighted by Gasteiger charge is 2.19. The molecule has 0 aliphatic heterocycles. The van der Waals surface area contributed by atoms with Crippen molar-refractivity contribution in [3.8, 4) is 0 Å². The summed E-state index contributed by atoms with van der Waals surface area (Å²) in [5.74, 6) is -3.01. The van der Waals surface area contributed by atoms with E-state index in [1.54, 1.807) is 0 Å². The van der Waals surface area contributed by atoms with Crippen LogP contribution in [0.5, 0.6) is 0 Å². The molecule has 0 bridgehead atoms. The molecule has 0 aromatic rings. The molecule has 0 unspecified atom stereocenters. The zero-order valence-corrected chi connectivity index (χ0v) is 7.90. The molecule has 0 aromatic heterocycles. The minimum Gasteiger partial charge on any atom is -0.481 e. The molecule has 0 saturated heterocycles. The lowest BCUT2D eigenvalue weighted by molar-refractivity contribution is -0.142. The van der Waals surface area contributed by atoms with E-state index in [1.165, 1.54) is 0 Å². The van der Waals surface area contributed by atoms with Crippen LogP contribution in [0, 0.1) is 0 Å². The maximum Gasteiger partial charge on any atom is 0.326 e. The molecule has 0 rings (SSSR count). The number of carbonyl (C=O) groups excluding carboxylic acids is 1.